The first-order valence-electron chi connectivity index (χ1n) is 10.3. The Balaban J connectivity index is 1.57. The zero-order chi connectivity index (χ0) is 21.1. The highest BCUT2D eigenvalue weighted by atomic mass is 32.2. The van der Waals surface area contributed by atoms with Crippen molar-refractivity contribution in [1.29, 1.82) is 0 Å². The summed E-state index contributed by atoms with van der Waals surface area (Å²) in [7, 11) is -3.48. The maximum Gasteiger partial charge on any atom is 0.240 e. The van der Waals surface area contributed by atoms with E-state index in [0.717, 1.165) is 34.1 Å². The topological polar surface area (TPSA) is 76.9 Å². The van der Waals surface area contributed by atoms with Gasteiger partial charge in [-0.2, -0.15) is 0 Å². The van der Waals surface area contributed by atoms with Crippen molar-refractivity contribution in [2.24, 2.45) is 0 Å². The number of fused-ring (bicyclic) bond motifs is 3. The Labute approximate surface area is 177 Å². The molecule has 0 bridgehead atoms. The predicted molar refractivity (Wildman–Crippen MR) is 120 cm³/mol. The van der Waals surface area contributed by atoms with Crippen LogP contribution in [0.15, 0.2) is 65.8 Å². The highest BCUT2D eigenvalue weighted by molar-refractivity contribution is 7.89. The molecule has 0 aliphatic heterocycles. The van der Waals surface area contributed by atoms with Crippen molar-refractivity contribution in [1.82, 2.24) is 19.3 Å². The van der Waals surface area contributed by atoms with Crippen LogP contribution in [0.1, 0.15) is 38.3 Å². The van der Waals surface area contributed by atoms with E-state index >= 15 is 0 Å². The number of aryl methyl sites for hydroxylation is 1. The summed E-state index contributed by atoms with van der Waals surface area (Å²) in [6.45, 7) is 5.36. The number of aromatic nitrogens is 3. The highest BCUT2D eigenvalue weighted by Gasteiger charge is 2.17. The second-order valence-electron chi connectivity index (χ2n) is 7.52. The van der Waals surface area contributed by atoms with Gasteiger partial charge < -0.3 is 4.57 Å². The van der Waals surface area contributed by atoms with Crippen molar-refractivity contribution in [2.45, 2.75) is 44.0 Å². The Morgan fingerprint density at radius 1 is 1.07 bits per heavy atom. The quantitative estimate of drug-likeness (QED) is 0.425. The number of para-hydroxylation sites is 1. The zero-order valence-corrected chi connectivity index (χ0v) is 18.1. The largest absolute Gasteiger partial charge is 0.330 e. The van der Waals surface area contributed by atoms with Crippen molar-refractivity contribution < 1.29 is 8.42 Å². The van der Waals surface area contributed by atoms with E-state index in [1.54, 1.807) is 30.3 Å². The fourth-order valence-electron chi connectivity index (χ4n) is 3.65. The number of nitrogens with one attached hydrogen (secondary N) is 1. The molecule has 1 atom stereocenters. The molecule has 7 heteroatoms. The van der Waals surface area contributed by atoms with Gasteiger partial charge in [-0.15, -0.1) is 0 Å². The Bertz CT molecular complexity index is 1270. The van der Waals surface area contributed by atoms with Crippen LogP contribution >= 0.6 is 0 Å². The molecule has 1 N–H and O–H groups in total. The van der Waals surface area contributed by atoms with Gasteiger partial charge >= 0.3 is 0 Å². The number of sulfonamides is 1. The van der Waals surface area contributed by atoms with E-state index in [1.807, 2.05) is 24.5 Å². The third-order valence-electron chi connectivity index (χ3n) is 5.48. The molecule has 2 heterocycles. The molecule has 1 unspecified atom stereocenters. The van der Waals surface area contributed by atoms with Gasteiger partial charge in [-0.1, -0.05) is 50.2 Å². The average molecular weight is 423 g/mol. The van der Waals surface area contributed by atoms with Crippen LogP contribution in [0.4, 0.5) is 0 Å². The molecule has 0 fully saturated rings. The summed E-state index contributed by atoms with van der Waals surface area (Å²) in [5.41, 5.74) is 4.00. The van der Waals surface area contributed by atoms with Gasteiger partial charge in [-0.05, 0) is 31.0 Å². The molecule has 6 nitrogen and oxygen atoms in total. The van der Waals surface area contributed by atoms with Crippen molar-refractivity contribution in [3.63, 3.8) is 0 Å². The molecule has 0 aliphatic rings. The van der Waals surface area contributed by atoms with Crippen molar-refractivity contribution in [3.05, 3.63) is 66.6 Å². The molecule has 4 aromatic rings. The standard InChI is InChI=1S/C23H26N4O2S/c1-3-17(2)21-22-23(19-12-7-8-13-20(19)26-21)27(16-24-22)15-9-14-25-30(28,29)18-10-5-4-6-11-18/h4-8,10-13,16-17,25H,3,9,14-15H2,1-2H3. The third-order valence-corrected chi connectivity index (χ3v) is 6.96. The second kappa shape index (κ2) is 8.53. The molecule has 0 amide bonds. The minimum Gasteiger partial charge on any atom is -0.330 e. The average Bonchev–Trinajstić information content (AvgIpc) is 3.20. The SMILES string of the molecule is CCC(C)c1nc2ccccc2c2c1ncn2CCCNS(=O)(=O)c1ccccc1. The zero-order valence-electron chi connectivity index (χ0n) is 17.2. The summed E-state index contributed by atoms with van der Waals surface area (Å²) in [4.78, 5) is 9.84. The number of hydrogen-bond donors (Lipinski definition) is 1. The van der Waals surface area contributed by atoms with E-state index in [0.29, 0.717) is 25.4 Å². The Hall–Kier alpha value is -2.77. The van der Waals surface area contributed by atoms with Gasteiger partial charge in [0.25, 0.3) is 0 Å². The molecule has 0 spiro atoms. The monoisotopic (exact) mass is 422 g/mol. The number of benzene rings is 2. The van der Waals surface area contributed by atoms with Gasteiger partial charge in [0, 0.05) is 24.4 Å². The van der Waals surface area contributed by atoms with Gasteiger partial charge in [0.15, 0.2) is 0 Å². The van der Waals surface area contributed by atoms with Crippen molar-refractivity contribution >= 4 is 32.0 Å². The Kier molecular flexibility index (Phi) is 5.83. The Morgan fingerprint density at radius 3 is 2.57 bits per heavy atom. The van der Waals surface area contributed by atoms with Gasteiger partial charge in [0.1, 0.15) is 5.52 Å². The lowest BCUT2D eigenvalue weighted by molar-refractivity contribution is 0.572. The summed E-state index contributed by atoms with van der Waals surface area (Å²) in [5, 5.41) is 1.07. The second-order valence-corrected chi connectivity index (χ2v) is 9.29. The fourth-order valence-corrected chi connectivity index (χ4v) is 4.75. The molecule has 2 aromatic heterocycles. The number of nitrogens with zero attached hydrogens (tertiary/aromatic N) is 3. The lowest BCUT2D eigenvalue weighted by atomic mass is 10.0. The van der Waals surface area contributed by atoms with Crippen LogP contribution in [0, 0.1) is 0 Å². The Morgan fingerprint density at radius 2 is 1.80 bits per heavy atom. The lowest BCUT2D eigenvalue weighted by Crippen LogP contribution is -2.25. The summed E-state index contributed by atoms with van der Waals surface area (Å²) in [6, 6.07) is 16.6. The minimum atomic E-state index is -3.48. The van der Waals surface area contributed by atoms with Crippen LogP contribution in [0.2, 0.25) is 0 Å². The van der Waals surface area contributed by atoms with Crippen LogP contribution in [0.25, 0.3) is 21.9 Å². The molecule has 156 valence electrons. The number of hydrogen-bond acceptors (Lipinski definition) is 4. The maximum absolute atomic E-state index is 12.4. The van der Waals surface area contributed by atoms with E-state index in [1.165, 1.54) is 0 Å². The van der Waals surface area contributed by atoms with E-state index < -0.39 is 10.0 Å². The van der Waals surface area contributed by atoms with E-state index in [2.05, 4.69) is 34.2 Å². The van der Waals surface area contributed by atoms with E-state index in [-0.39, 0.29) is 4.90 Å². The normalized spacial score (nSPS) is 13.1. The summed E-state index contributed by atoms with van der Waals surface area (Å²) in [6.07, 6.45) is 3.50. The van der Waals surface area contributed by atoms with Crippen LogP contribution in [0.3, 0.4) is 0 Å². The summed E-state index contributed by atoms with van der Waals surface area (Å²) < 4.78 is 29.6. The van der Waals surface area contributed by atoms with Gasteiger partial charge in [0.2, 0.25) is 10.0 Å². The first kappa shape index (κ1) is 20.5. The molecule has 0 aliphatic carbocycles. The molecule has 0 saturated carbocycles. The molecule has 0 saturated heterocycles. The molecular formula is C23H26N4O2S. The van der Waals surface area contributed by atoms with Gasteiger partial charge in [-0.25, -0.2) is 18.1 Å². The van der Waals surface area contributed by atoms with E-state index in [4.69, 9.17) is 4.98 Å². The first-order valence-corrected chi connectivity index (χ1v) is 11.8. The smallest absolute Gasteiger partial charge is 0.240 e. The predicted octanol–water partition coefficient (Wildman–Crippen LogP) is 4.47. The number of imidazole rings is 1. The van der Waals surface area contributed by atoms with E-state index in [9.17, 15) is 8.42 Å². The molecule has 4 rings (SSSR count). The van der Waals surface area contributed by atoms with Crippen LogP contribution in [-0.2, 0) is 16.6 Å². The van der Waals surface area contributed by atoms with Crippen molar-refractivity contribution in [3.8, 4) is 0 Å². The number of rotatable bonds is 8. The molecule has 0 radical (unpaired) electrons. The van der Waals surface area contributed by atoms with Gasteiger partial charge in [0.05, 0.1) is 28.0 Å². The van der Waals surface area contributed by atoms with Gasteiger partial charge in [-0.3, -0.25) is 4.98 Å². The summed E-state index contributed by atoms with van der Waals surface area (Å²) in [5.74, 6) is 0.318. The van der Waals surface area contributed by atoms with Crippen LogP contribution in [-0.4, -0.2) is 29.5 Å². The summed E-state index contributed by atoms with van der Waals surface area (Å²) >= 11 is 0. The van der Waals surface area contributed by atoms with Crippen molar-refractivity contribution in [2.75, 3.05) is 6.54 Å². The molecule has 2 aromatic carbocycles. The lowest BCUT2D eigenvalue weighted by Gasteiger charge is -2.13. The number of pyridine rings is 1. The maximum atomic E-state index is 12.4. The van der Waals surface area contributed by atoms with Crippen LogP contribution in [0.5, 0.6) is 0 Å². The molecular weight excluding hydrogens is 396 g/mol. The molecule has 30 heavy (non-hydrogen) atoms. The first-order chi connectivity index (χ1) is 14.5. The van der Waals surface area contributed by atoms with Crippen LogP contribution < -0.4 is 4.72 Å². The highest BCUT2D eigenvalue weighted by Crippen LogP contribution is 2.30. The minimum absolute atomic E-state index is 0.286. The fraction of sp³-hybridized carbons (Fsp3) is 0.304. The third kappa shape index (κ3) is 3.95.